The third-order valence-corrected chi connectivity index (χ3v) is 11.6. The molecular weight excluding hydrogens is 677 g/mol. The summed E-state index contributed by atoms with van der Waals surface area (Å²) in [5.41, 5.74) is 6.89. The van der Waals surface area contributed by atoms with Gasteiger partial charge in [-0.1, -0.05) is 176 Å². The van der Waals surface area contributed by atoms with Crippen LogP contribution in [0, 0.1) is 11.8 Å². The lowest BCUT2D eigenvalue weighted by Crippen LogP contribution is -2.22. The van der Waals surface area contributed by atoms with Gasteiger partial charge in [0.15, 0.2) is 0 Å². The Morgan fingerprint density at radius 1 is 0.321 bits per heavy atom. The van der Waals surface area contributed by atoms with E-state index < -0.39 is 0 Å². The van der Waals surface area contributed by atoms with Gasteiger partial charge < -0.3 is 9.80 Å². The van der Waals surface area contributed by atoms with Gasteiger partial charge in [-0.2, -0.15) is 0 Å². The van der Waals surface area contributed by atoms with Gasteiger partial charge >= 0.3 is 0 Å². The molecule has 2 unspecified atom stereocenters. The van der Waals surface area contributed by atoms with Gasteiger partial charge in [0.05, 0.1) is 11.4 Å². The predicted molar refractivity (Wildman–Crippen MR) is 240 cm³/mol. The average Bonchev–Trinajstić information content (AvgIpc) is 3.27. The molecular formula is C54H38N2. The van der Waals surface area contributed by atoms with Gasteiger partial charge in [-0.05, 0) is 74.8 Å². The van der Waals surface area contributed by atoms with Gasteiger partial charge in [0.25, 0.3) is 0 Å². The topological polar surface area (TPSA) is 6.48 Å². The van der Waals surface area contributed by atoms with Gasteiger partial charge in [0, 0.05) is 56.1 Å². The fourth-order valence-electron chi connectivity index (χ4n) is 8.94. The maximum absolute atomic E-state index is 2.51. The van der Waals surface area contributed by atoms with Crippen molar-refractivity contribution in [1.82, 2.24) is 0 Å². The van der Waals surface area contributed by atoms with Crippen LogP contribution in [0.3, 0.4) is 0 Å². The van der Waals surface area contributed by atoms with Crippen molar-refractivity contribution in [3.8, 4) is 0 Å². The fraction of sp³-hybridized carbons (Fsp3) is 0.0370. The molecule has 0 radical (unpaired) electrons. The first-order valence-electron chi connectivity index (χ1n) is 19.5. The highest BCUT2D eigenvalue weighted by Crippen LogP contribution is 2.51. The molecule has 0 spiro atoms. The quantitative estimate of drug-likeness (QED) is 0.125. The Labute approximate surface area is 326 Å². The van der Waals surface area contributed by atoms with Crippen LogP contribution in [0.25, 0.3) is 53.9 Å². The maximum Gasteiger partial charge on any atom is 0.0619 e. The Balaban J connectivity index is 1.22. The second-order valence-electron chi connectivity index (χ2n) is 14.9. The van der Waals surface area contributed by atoms with Gasteiger partial charge in [0.1, 0.15) is 0 Å². The zero-order chi connectivity index (χ0) is 37.0. The van der Waals surface area contributed by atoms with E-state index in [1.54, 1.807) is 0 Å². The van der Waals surface area contributed by atoms with Crippen molar-refractivity contribution in [3.63, 3.8) is 0 Å². The van der Waals surface area contributed by atoms with E-state index in [9.17, 15) is 0 Å². The van der Waals surface area contributed by atoms with Crippen LogP contribution in [0.5, 0.6) is 0 Å². The van der Waals surface area contributed by atoms with Crippen molar-refractivity contribution >= 4 is 82.3 Å². The van der Waals surface area contributed by atoms with Crippen molar-refractivity contribution in [3.05, 3.63) is 224 Å². The van der Waals surface area contributed by atoms with Crippen molar-refractivity contribution < 1.29 is 0 Å². The summed E-state index contributed by atoms with van der Waals surface area (Å²) in [6, 6.07) is 64.6. The number of rotatable bonds is 6. The Bertz CT molecular complexity index is 2990. The van der Waals surface area contributed by atoms with E-state index >= 15 is 0 Å². The summed E-state index contributed by atoms with van der Waals surface area (Å²) in [6.45, 7) is 0. The maximum atomic E-state index is 2.51. The Hall–Kier alpha value is -7.16. The minimum atomic E-state index is 0.288. The molecule has 9 aromatic carbocycles. The molecule has 2 nitrogen and oxygen atoms in total. The number of hydrogen-bond acceptors (Lipinski definition) is 2. The van der Waals surface area contributed by atoms with Crippen LogP contribution in [0.1, 0.15) is 0 Å². The van der Waals surface area contributed by atoms with Crippen LogP contribution < -0.4 is 9.80 Å². The molecule has 0 saturated heterocycles. The summed E-state index contributed by atoms with van der Waals surface area (Å²) >= 11 is 0. The van der Waals surface area contributed by atoms with E-state index in [4.69, 9.17) is 0 Å². The summed E-state index contributed by atoms with van der Waals surface area (Å²) < 4.78 is 0. The first-order valence-corrected chi connectivity index (χ1v) is 19.5. The van der Waals surface area contributed by atoms with E-state index in [2.05, 4.69) is 228 Å². The zero-order valence-electron chi connectivity index (χ0n) is 30.8. The number of nitrogens with zero attached hydrogens (tertiary/aromatic N) is 2. The predicted octanol–water partition coefficient (Wildman–Crippen LogP) is 14.9. The van der Waals surface area contributed by atoms with E-state index in [0.717, 1.165) is 22.7 Å². The average molecular weight is 715 g/mol. The molecule has 264 valence electrons. The molecule has 0 saturated carbocycles. The molecule has 0 aromatic heterocycles. The number of anilines is 5. The fourth-order valence-corrected chi connectivity index (χ4v) is 8.94. The van der Waals surface area contributed by atoms with Gasteiger partial charge in [-0.15, -0.1) is 0 Å². The van der Waals surface area contributed by atoms with E-state index in [0.29, 0.717) is 5.92 Å². The molecule has 2 aliphatic rings. The lowest BCUT2D eigenvalue weighted by Gasteiger charge is -2.35. The van der Waals surface area contributed by atoms with E-state index in [-0.39, 0.29) is 5.92 Å². The second kappa shape index (κ2) is 13.3. The largest absolute Gasteiger partial charge is 0.310 e. The van der Waals surface area contributed by atoms with Crippen molar-refractivity contribution in [1.29, 1.82) is 0 Å². The SMILES string of the molecule is C1=CC2C=CC(N(c3ccc4ccccc4c3)c3c4ccccc4c(N(c4ccc5ccccc5c4)c4ccc5ccccc5c4)c4ccccc34)=CC2C=C1. The minimum absolute atomic E-state index is 0.288. The molecule has 2 heteroatoms. The number of benzene rings is 9. The van der Waals surface area contributed by atoms with E-state index in [1.807, 2.05) is 0 Å². The van der Waals surface area contributed by atoms with E-state index in [1.165, 1.54) is 65.2 Å². The van der Waals surface area contributed by atoms with Gasteiger partial charge in [-0.3, -0.25) is 0 Å². The monoisotopic (exact) mass is 714 g/mol. The third-order valence-electron chi connectivity index (χ3n) is 11.6. The molecule has 56 heavy (non-hydrogen) atoms. The Morgan fingerprint density at radius 3 is 1.16 bits per heavy atom. The Kier molecular flexibility index (Phi) is 7.67. The third kappa shape index (κ3) is 5.41. The summed E-state index contributed by atoms with van der Waals surface area (Å²) in [5.74, 6) is 0.645. The van der Waals surface area contributed by atoms with Crippen LogP contribution in [0.15, 0.2) is 224 Å². The van der Waals surface area contributed by atoms with Crippen LogP contribution in [0.4, 0.5) is 28.4 Å². The van der Waals surface area contributed by atoms with Crippen LogP contribution in [-0.4, -0.2) is 0 Å². The summed E-state index contributed by atoms with van der Waals surface area (Å²) in [4.78, 5) is 4.99. The molecule has 0 bridgehead atoms. The summed E-state index contributed by atoms with van der Waals surface area (Å²) in [7, 11) is 0. The van der Waals surface area contributed by atoms with Crippen LogP contribution >= 0.6 is 0 Å². The molecule has 11 rings (SSSR count). The summed E-state index contributed by atoms with van der Waals surface area (Å²) in [5, 5.41) is 12.1. The van der Waals surface area contributed by atoms with Crippen molar-refractivity contribution in [2.75, 3.05) is 9.80 Å². The first kappa shape index (κ1) is 32.3. The normalized spacial score (nSPS) is 16.1. The van der Waals surface area contributed by atoms with Gasteiger partial charge in [0.2, 0.25) is 0 Å². The lowest BCUT2D eigenvalue weighted by molar-refractivity contribution is 0.653. The standard InChI is InChI=1S/C54H38N2/c1-5-17-41-33-45(29-25-37(41)13-1)55(46-30-26-38-14-2-6-18-42(38)34-46)53-49-21-9-11-23-51(49)54(52-24-12-10-22-50(52)53)56(47-31-27-39-15-3-7-19-43(39)35-47)48-32-28-40-16-4-8-20-44(40)36-48/h1-37,41H. The molecule has 2 atom stereocenters. The van der Waals surface area contributed by atoms with Crippen molar-refractivity contribution in [2.45, 2.75) is 0 Å². The van der Waals surface area contributed by atoms with Crippen LogP contribution in [-0.2, 0) is 0 Å². The molecule has 0 aliphatic heterocycles. The highest BCUT2D eigenvalue weighted by atomic mass is 15.2. The lowest BCUT2D eigenvalue weighted by atomic mass is 9.84. The zero-order valence-corrected chi connectivity index (χ0v) is 30.8. The second-order valence-corrected chi connectivity index (χ2v) is 14.9. The highest BCUT2D eigenvalue weighted by Gasteiger charge is 2.28. The number of hydrogen-bond donors (Lipinski definition) is 0. The summed E-state index contributed by atoms with van der Waals surface area (Å²) in [6.07, 6.45) is 16.1. The first-order chi connectivity index (χ1) is 27.8. The number of fused-ring (bicyclic) bond motifs is 6. The van der Waals surface area contributed by atoms with Crippen LogP contribution in [0.2, 0.25) is 0 Å². The molecule has 0 N–H and O–H groups in total. The molecule has 0 amide bonds. The molecule has 0 heterocycles. The number of allylic oxidation sites excluding steroid dienone is 7. The molecule has 2 aliphatic carbocycles. The van der Waals surface area contributed by atoms with Gasteiger partial charge in [-0.25, -0.2) is 0 Å². The smallest absolute Gasteiger partial charge is 0.0619 e. The molecule has 9 aromatic rings. The highest BCUT2D eigenvalue weighted by molar-refractivity contribution is 6.23. The minimum Gasteiger partial charge on any atom is -0.310 e. The molecule has 0 fully saturated rings. The van der Waals surface area contributed by atoms with Crippen molar-refractivity contribution in [2.24, 2.45) is 11.8 Å². The Morgan fingerprint density at radius 2 is 0.696 bits per heavy atom.